The lowest BCUT2D eigenvalue weighted by Gasteiger charge is -2.19. The second-order valence-corrected chi connectivity index (χ2v) is 8.77. The monoisotopic (exact) mass is 389 g/mol. The number of amides is 2. The summed E-state index contributed by atoms with van der Waals surface area (Å²) in [6.45, 7) is 7.55. The van der Waals surface area contributed by atoms with Crippen molar-refractivity contribution in [3.8, 4) is 0 Å². The fourth-order valence-electron chi connectivity index (χ4n) is 2.29. The van der Waals surface area contributed by atoms with Crippen molar-refractivity contribution in [1.29, 1.82) is 0 Å². The van der Waals surface area contributed by atoms with E-state index in [0.29, 0.717) is 11.3 Å². The fraction of sp³-hybridized carbons (Fsp3) is 0.263. The number of sulfonamides is 1. The Morgan fingerprint density at radius 1 is 0.889 bits per heavy atom. The van der Waals surface area contributed by atoms with Crippen LogP contribution in [0.2, 0.25) is 0 Å². The average Bonchev–Trinajstić information content (AvgIpc) is 2.59. The molecule has 0 heterocycles. The van der Waals surface area contributed by atoms with Gasteiger partial charge in [-0.25, -0.2) is 8.42 Å². The van der Waals surface area contributed by atoms with Gasteiger partial charge in [0.2, 0.25) is 5.91 Å². The summed E-state index contributed by atoms with van der Waals surface area (Å²) in [5.74, 6) is -0.817. The predicted molar refractivity (Wildman–Crippen MR) is 104 cm³/mol. The van der Waals surface area contributed by atoms with Gasteiger partial charge in [-0.1, -0.05) is 32.9 Å². The van der Waals surface area contributed by atoms with E-state index in [2.05, 4.69) is 36.3 Å². The van der Waals surface area contributed by atoms with Crippen LogP contribution in [0.1, 0.15) is 43.6 Å². The molecule has 2 rings (SSSR count). The molecule has 0 saturated carbocycles. The second kappa shape index (κ2) is 7.89. The smallest absolute Gasteiger partial charge is 0.266 e. The Bertz CT molecular complexity index is 928. The number of carbonyl (C=O) groups is 2. The predicted octanol–water partition coefficient (Wildman–Crippen LogP) is 2.57. The van der Waals surface area contributed by atoms with Crippen LogP contribution >= 0.6 is 0 Å². The highest BCUT2D eigenvalue weighted by atomic mass is 32.2. The number of benzene rings is 2. The summed E-state index contributed by atoms with van der Waals surface area (Å²) >= 11 is 0. The standard InChI is InChI=1S/C19H23N3O4S/c1-13(23)20-16-9-11-17(12-10-16)27(25,26)22-21-18(24)14-5-7-15(8-6-14)19(2,3)4/h5-12,22H,1-4H3,(H,20,23)(H,21,24). The zero-order chi connectivity index (χ0) is 20.2. The van der Waals surface area contributed by atoms with Gasteiger partial charge in [0.15, 0.2) is 0 Å². The minimum Gasteiger partial charge on any atom is -0.326 e. The molecule has 0 aliphatic carbocycles. The molecule has 0 spiro atoms. The van der Waals surface area contributed by atoms with Crippen LogP contribution in [0.5, 0.6) is 0 Å². The number of hydrogen-bond acceptors (Lipinski definition) is 4. The van der Waals surface area contributed by atoms with Gasteiger partial charge < -0.3 is 5.32 Å². The van der Waals surface area contributed by atoms with Gasteiger partial charge in [-0.3, -0.25) is 15.0 Å². The third-order valence-electron chi connectivity index (χ3n) is 3.80. The van der Waals surface area contributed by atoms with Gasteiger partial charge in [-0.2, -0.15) is 0 Å². The highest BCUT2D eigenvalue weighted by Gasteiger charge is 2.17. The molecule has 0 aliphatic heterocycles. The van der Waals surface area contributed by atoms with E-state index in [1.54, 1.807) is 12.1 Å². The van der Waals surface area contributed by atoms with Crippen molar-refractivity contribution in [2.45, 2.75) is 38.0 Å². The summed E-state index contributed by atoms with van der Waals surface area (Å²) < 4.78 is 24.5. The fourth-order valence-corrected chi connectivity index (χ4v) is 3.13. The van der Waals surface area contributed by atoms with Crippen LogP contribution in [0.4, 0.5) is 5.69 Å². The molecule has 3 N–H and O–H groups in total. The van der Waals surface area contributed by atoms with Crippen molar-refractivity contribution in [3.05, 3.63) is 59.7 Å². The van der Waals surface area contributed by atoms with Crippen molar-refractivity contribution in [2.24, 2.45) is 0 Å². The SMILES string of the molecule is CC(=O)Nc1ccc(S(=O)(=O)NNC(=O)c2ccc(C(C)(C)C)cc2)cc1. The first kappa shape index (κ1) is 20.6. The van der Waals surface area contributed by atoms with E-state index in [-0.39, 0.29) is 16.2 Å². The summed E-state index contributed by atoms with van der Waals surface area (Å²) in [5.41, 5.74) is 4.04. The second-order valence-electron chi connectivity index (χ2n) is 7.09. The van der Waals surface area contributed by atoms with E-state index in [4.69, 9.17) is 0 Å². The molecule has 144 valence electrons. The molecule has 8 heteroatoms. The number of nitrogens with one attached hydrogen (secondary N) is 3. The normalized spacial score (nSPS) is 11.7. The quantitative estimate of drug-likeness (QED) is 0.684. The molecule has 0 aliphatic rings. The van der Waals surface area contributed by atoms with Crippen molar-refractivity contribution >= 4 is 27.5 Å². The van der Waals surface area contributed by atoms with Crippen LogP contribution in [-0.4, -0.2) is 20.2 Å². The highest BCUT2D eigenvalue weighted by molar-refractivity contribution is 7.89. The molecular weight excluding hydrogens is 366 g/mol. The van der Waals surface area contributed by atoms with Gasteiger partial charge >= 0.3 is 0 Å². The molecule has 0 saturated heterocycles. The molecule has 2 amide bonds. The molecule has 0 atom stereocenters. The lowest BCUT2D eigenvalue weighted by molar-refractivity contribution is -0.114. The lowest BCUT2D eigenvalue weighted by atomic mass is 9.87. The van der Waals surface area contributed by atoms with Gasteiger partial charge in [-0.05, 0) is 47.4 Å². The van der Waals surface area contributed by atoms with E-state index in [1.807, 2.05) is 12.1 Å². The summed E-state index contributed by atoms with van der Waals surface area (Å²) in [7, 11) is -3.93. The van der Waals surface area contributed by atoms with Crippen molar-refractivity contribution < 1.29 is 18.0 Å². The van der Waals surface area contributed by atoms with E-state index in [0.717, 1.165) is 5.56 Å². The number of hydrogen-bond donors (Lipinski definition) is 3. The largest absolute Gasteiger partial charge is 0.326 e. The van der Waals surface area contributed by atoms with Crippen LogP contribution in [0.3, 0.4) is 0 Å². The van der Waals surface area contributed by atoms with Gasteiger partial charge in [0.25, 0.3) is 15.9 Å². The van der Waals surface area contributed by atoms with E-state index in [9.17, 15) is 18.0 Å². The summed E-state index contributed by atoms with van der Waals surface area (Å²) in [6, 6.07) is 12.6. The number of carbonyl (C=O) groups excluding carboxylic acids is 2. The number of rotatable bonds is 5. The Hall–Kier alpha value is -2.71. The van der Waals surface area contributed by atoms with Crippen molar-refractivity contribution in [1.82, 2.24) is 10.3 Å². The van der Waals surface area contributed by atoms with Gasteiger partial charge in [0.05, 0.1) is 4.90 Å². The maximum Gasteiger partial charge on any atom is 0.266 e. The Labute approximate surface area is 159 Å². The molecule has 0 radical (unpaired) electrons. The zero-order valence-corrected chi connectivity index (χ0v) is 16.5. The Kier molecular flexibility index (Phi) is 6.02. The summed E-state index contributed by atoms with van der Waals surface area (Å²) in [4.78, 5) is 25.2. The van der Waals surface area contributed by atoms with Crippen LogP contribution in [-0.2, 0) is 20.2 Å². The third-order valence-corrected chi connectivity index (χ3v) is 5.06. The highest BCUT2D eigenvalue weighted by Crippen LogP contribution is 2.22. The Balaban J connectivity index is 2.03. The van der Waals surface area contributed by atoms with Crippen LogP contribution in [0.25, 0.3) is 0 Å². The van der Waals surface area contributed by atoms with Crippen molar-refractivity contribution in [3.63, 3.8) is 0 Å². The first-order valence-electron chi connectivity index (χ1n) is 8.29. The topological polar surface area (TPSA) is 104 Å². The molecule has 27 heavy (non-hydrogen) atoms. The third kappa shape index (κ3) is 5.63. The maximum absolute atomic E-state index is 12.3. The molecule has 2 aromatic rings. The molecule has 0 bridgehead atoms. The molecule has 7 nitrogen and oxygen atoms in total. The molecule has 0 fully saturated rings. The molecule has 2 aromatic carbocycles. The van der Waals surface area contributed by atoms with E-state index >= 15 is 0 Å². The molecule has 0 unspecified atom stereocenters. The summed E-state index contributed by atoms with van der Waals surface area (Å²) in [6.07, 6.45) is 0. The first-order chi connectivity index (χ1) is 12.5. The van der Waals surface area contributed by atoms with Crippen LogP contribution in [0.15, 0.2) is 53.4 Å². The maximum atomic E-state index is 12.3. The summed E-state index contributed by atoms with van der Waals surface area (Å²) in [5, 5.41) is 2.55. The van der Waals surface area contributed by atoms with Gasteiger partial charge in [0, 0.05) is 18.2 Å². The molecular formula is C19H23N3O4S. The van der Waals surface area contributed by atoms with Gasteiger partial charge in [0.1, 0.15) is 0 Å². The number of hydrazine groups is 1. The number of anilines is 1. The van der Waals surface area contributed by atoms with Crippen LogP contribution in [0, 0.1) is 0 Å². The average molecular weight is 389 g/mol. The lowest BCUT2D eigenvalue weighted by Crippen LogP contribution is -2.41. The molecule has 0 aromatic heterocycles. The zero-order valence-electron chi connectivity index (χ0n) is 15.7. The van der Waals surface area contributed by atoms with E-state index in [1.165, 1.54) is 31.2 Å². The minimum atomic E-state index is -3.93. The van der Waals surface area contributed by atoms with Crippen molar-refractivity contribution in [2.75, 3.05) is 5.32 Å². The van der Waals surface area contributed by atoms with E-state index < -0.39 is 15.9 Å². The first-order valence-corrected chi connectivity index (χ1v) is 9.78. The Morgan fingerprint density at radius 2 is 1.44 bits per heavy atom. The van der Waals surface area contributed by atoms with Gasteiger partial charge in [-0.15, -0.1) is 4.83 Å². The minimum absolute atomic E-state index is 0.0417. The Morgan fingerprint density at radius 3 is 1.93 bits per heavy atom. The van der Waals surface area contributed by atoms with Crippen LogP contribution < -0.4 is 15.6 Å².